The molecule has 118 valence electrons. The summed E-state index contributed by atoms with van der Waals surface area (Å²) >= 11 is 0. The van der Waals surface area contributed by atoms with Crippen LogP contribution in [0, 0.1) is 5.92 Å². The first-order chi connectivity index (χ1) is 11.2. The molecule has 1 aliphatic heterocycles. The van der Waals surface area contributed by atoms with Crippen LogP contribution in [0.15, 0.2) is 54.6 Å². The molecular weight excluding hydrogens is 290 g/mol. The molecule has 0 saturated carbocycles. The van der Waals surface area contributed by atoms with E-state index in [1.807, 2.05) is 42.5 Å². The zero-order chi connectivity index (χ0) is 16.2. The molecule has 1 unspecified atom stereocenters. The van der Waals surface area contributed by atoms with Crippen molar-refractivity contribution in [3.05, 3.63) is 60.2 Å². The van der Waals surface area contributed by atoms with Gasteiger partial charge in [0.1, 0.15) is 5.75 Å². The summed E-state index contributed by atoms with van der Waals surface area (Å²) in [5.41, 5.74) is 2.01. The van der Waals surface area contributed by atoms with Gasteiger partial charge in [-0.1, -0.05) is 37.3 Å². The summed E-state index contributed by atoms with van der Waals surface area (Å²) in [6, 6.07) is 16.9. The molecule has 23 heavy (non-hydrogen) atoms. The number of rotatable bonds is 4. The maximum Gasteiger partial charge on any atom is 0.316 e. The van der Waals surface area contributed by atoms with E-state index in [1.54, 1.807) is 17.0 Å². The Hall–Kier alpha value is -2.62. The van der Waals surface area contributed by atoms with Crippen LogP contribution < -0.4 is 9.64 Å². The van der Waals surface area contributed by atoms with E-state index >= 15 is 0 Å². The fourth-order valence-electron chi connectivity index (χ4n) is 2.72. The standard InChI is InChI=1S/C19H19NO3/c1-2-14-8-10-17(11-9-14)23-19(22)15-12-18(21)20(13-15)16-6-4-3-5-7-16/h3-11,15H,2,12-13H2,1H3. The van der Waals surface area contributed by atoms with Crippen LogP contribution in [0.3, 0.4) is 0 Å². The Bertz CT molecular complexity index is 694. The van der Waals surface area contributed by atoms with Crippen LogP contribution in [0.25, 0.3) is 0 Å². The highest BCUT2D eigenvalue weighted by Gasteiger charge is 2.36. The molecule has 1 aliphatic rings. The minimum Gasteiger partial charge on any atom is -0.426 e. The lowest BCUT2D eigenvalue weighted by atomic mass is 10.1. The van der Waals surface area contributed by atoms with Crippen molar-refractivity contribution in [1.82, 2.24) is 0 Å². The van der Waals surface area contributed by atoms with E-state index in [9.17, 15) is 9.59 Å². The van der Waals surface area contributed by atoms with E-state index in [2.05, 4.69) is 6.92 Å². The van der Waals surface area contributed by atoms with Crippen LogP contribution in [-0.4, -0.2) is 18.4 Å². The van der Waals surface area contributed by atoms with Crippen molar-refractivity contribution < 1.29 is 14.3 Å². The Morgan fingerprint density at radius 3 is 2.48 bits per heavy atom. The molecule has 4 heteroatoms. The first-order valence-corrected chi connectivity index (χ1v) is 7.83. The monoisotopic (exact) mass is 309 g/mol. The Kier molecular flexibility index (Phi) is 4.42. The van der Waals surface area contributed by atoms with Crippen LogP contribution in [0.1, 0.15) is 18.9 Å². The zero-order valence-electron chi connectivity index (χ0n) is 13.1. The second-order valence-electron chi connectivity index (χ2n) is 5.66. The molecule has 0 spiro atoms. The Labute approximate surface area is 135 Å². The number of aryl methyl sites for hydroxylation is 1. The van der Waals surface area contributed by atoms with Crippen molar-refractivity contribution in [2.45, 2.75) is 19.8 Å². The Morgan fingerprint density at radius 2 is 1.83 bits per heavy atom. The van der Waals surface area contributed by atoms with Gasteiger partial charge < -0.3 is 9.64 Å². The van der Waals surface area contributed by atoms with E-state index in [-0.39, 0.29) is 18.3 Å². The van der Waals surface area contributed by atoms with Gasteiger partial charge in [-0.2, -0.15) is 0 Å². The third-order valence-corrected chi connectivity index (χ3v) is 4.08. The fourth-order valence-corrected chi connectivity index (χ4v) is 2.72. The minimum absolute atomic E-state index is 0.0421. The number of benzene rings is 2. The number of amides is 1. The smallest absolute Gasteiger partial charge is 0.316 e. The molecule has 1 heterocycles. The number of carbonyl (C=O) groups is 2. The van der Waals surface area contributed by atoms with Crippen molar-refractivity contribution in [3.8, 4) is 5.75 Å². The molecule has 1 fully saturated rings. The van der Waals surface area contributed by atoms with Gasteiger partial charge in [-0.15, -0.1) is 0 Å². The molecule has 0 bridgehead atoms. The maximum absolute atomic E-state index is 12.3. The third-order valence-electron chi connectivity index (χ3n) is 4.08. The molecule has 1 atom stereocenters. The SMILES string of the molecule is CCc1ccc(OC(=O)C2CC(=O)N(c3ccccc3)C2)cc1. The number of hydrogen-bond donors (Lipinski definition) is 0. The molecule has 0 aliphatic carbocycles. The first-order valence-electron chi connectivity index (χ1n) is 7.83. The highest BCUT2D eigenvalue weighted by atomic mass is 16.5. The molecule has 3 rings (SSSR count). The summed E-state index contributed by atoms with van der Waals surface area (Å²) in [6.45, 7) is 2.44. The number of carbonyl (C=O) groups excluding carboxylic acids is 2. The zero-order valence-corrected chi connectivity index (χ0v) is 13.1. The highest BCUT2D eigenvalue weighted by Crippen LogP contribution is 2.26. The number of para-hydroxylation sites is 1. The Morgan fingerprint density at radius 1 is 1.13 bits per heavy atom. The molecule has 0 radical (unpaired) electrons. The van der Waals surface area contributed by atoms with Crippen molar-refractivity contribution in [2.75, 3.05) is 11.4 Å². The fraction of sp³-hybridized carbons (Fsp3) is 0.263. The predicted molar refractivity (Wildman–Crippen MR) is 88.4 cm³/mol. The van der Waals surface area contributed by atoms with Gasteiger partial charge >= 0.3 is 5.97 Å². The van der Waals surface area contributed by atoms with E-state index in [0.717, 1.165) is 12.1 Å². The van der Waals surface area contributed by atoms with Gasteiger partial charge in [-0.25, -0.2) is 0 Å². The average Bonchev–Trinajstić information content (AvgIpc) is 2.98. The van der Waals surface area contributed by atoms with E-state index in [0.29, 0.717) is 12.3 Å². The first kappa shape index (κ1) is 15.3. The largest absolute Gasteiger partial charge is 0.426 e. The summed E-state index contributed by atoms with van der Waals surface area (Å²) in [4.78, 5) is 26.1. The van der Waals surface area contributed by atoms with Gasteiger partial charge in [-0.3, -0.25) is 9.59 Å². The summed E-state index contributed by atoms with van der Waals surface area (Å²) in [7, 11) is 0. The summed E-state index contributed by atoms with van der Waals surface area (Å²) in [5.74, 6) is -0.285. The van der Waals surface area contributed by atoms with Crippen LogP contribution in [0.5, 0.6) is 5.75 Å². The molecule has 1 saturated heterocycles. The van der Waals surface area contributed by atoms with Crippen molar-refractivity contribution in [3.63, 3.8) is 0 Å². The van der Waals surface area contributed by atoms with Gasteiger partial charge in [0.15, 0.2) is 0 Å². The summed E-state index contributed by atoms with van der Waals surface area (Å²) in [6.07, 6.45) is 1.14. The second kappa shape index (κ2) is 6.65. The number of ether oxygens (including phenoxy) is 1. The maximum atomic E-state index is 12.3. The van der Waals surface area contributed by atoms with Gasteiger partial charge in [-0.05, 0) is 36.2 Å². The van der Waals surface area contributed by atoms with Gasteiger partial charge in [0.2, 0.25) is 5.91 Å². The normalized spacial score (nSPS) is 17.3. The summed E-state index contributed by atoms with van der Waals surface area (Å²) in [5, 5.41) is 0. The van der Waals surface area contributed by atoms with E-state index in [4.69, 9.17) is 4.74 Å². The van der Waals surface area contributed by atoms with Crippen LogP contribution in [-0.2, 0) is 16.0 Å². The van der Waals surface area contributed by atoms with Gasteiger partial charge in [0.25, 0.3) is 0 Å². The lowest BCUT2D eigenvalue weighted by Gasteiger charge is -2.16. The number of esters is 1. The molecule has 2 aromatic rings. The molecule has 0 aromatic heterocycles. The van der Waals surface area contributed by atoms with Crippen molar-refractivity contribution in [1.29, 1.82) is 0 Å². The summed E-state index contributed by atoms with van der Waals surface area (Å²) < 4.78 is 5.41. The topological polar surface area (TPSA) is 46.6 Å². The molecule has 4 nitrogen and oxygen atoms in total. The highest BCUT2D eigenvalue weighted by molar-refractivity contribution is 5.99. The second-order valence-corrected chi connectivity index (χ2v) is 5.66. The Balaban J connectivity index is 1.65. The minimum atomic E-state index is -0.423. The predicted octanol–water partition coefficient (Wildman–Crippen LogP) is 3.21. The van der Waals surface area contributed by atoms with E-state index < -0.39 is 5.92 Å². The quantitative estimate of drug-likeness (QED) is 0.643. The van der Waals surface area contributed by atoms with E-state index in [1.165, 1.54) is 5.56 Å². The van der Waals surface area contributed by atoms with Gasteiger partial charge in [0.05, 0.1) is 5.92 Å². The van der Waals surface area contributed by atoms with Gasteiger partial charge in [0, 0.05) is 18.7 Å². The number of hydrogen-bond acceptors (Lipinski definition) is 3. The molecular formula is C19H19NO3. The molecule has 1 amide bonds. The van der Waals surface area contributed by atoms with Crippen LogP contribution in [0.4, 0.5) is 5.69 Å². The van der Waals surface area contributed by atoms with Crippen LogP contribution >= 0.6 is 0 Å². The number of anilines is 1. The van der Waals surface area contributed by atoms with Crippen molar-refractivity contribution >= 4 is 17.6 Å². The molecule has 2 aromatic carbocycles. The lowest BCUT2D eigenvalue weighted by molar-refractivity contribution is -0.139. The molecule has 0 N–H and O–H groups in total. The lowest BCUT2D eigenvalue weighted by Crippen LogP contribution is -2.27. The third kappa shape index (κ3) is 3.42. The van der Waals surface area contributed by atoms with Crippen LogP contribution in [0.2, 0.25) is 0 Å². The average molecular weight is 309 g/mol. The number of nitrogens with zero attached hydrogens (tertiary/aromatic N) is 1. The van der Waals surface area contributed by atoms with Crippen molar-refractivity contribution in [2.24, 2.45) is 5.92 Å².